The van der Waals surface area contributed by atoms with E-state index in [1.165, 1.54) is 17.7 Å². The van der Waals surface area contributed by atoms with E-state index in [4.69, 9.17) is 0 Å². The molecule has 6 heteroatoms. The van der Waals surface area contributed by atoms with Gasteiger partial charge >= 0.3 is 6.03 Å². The topological polar surface area (TPSA) is 44.4 Å². The van der Waals surface area contributed by atoms with Crippen molar-refractivity contribution in [3.05, 3.63) is 64.4 Å². The highest BCUT2D eigenvalue weighted by Gasteiger charge is 2.23. The van der Waals surface area contributed by atoms with Crippen molar-refractivity contribution in [3.8, 4) is 0 Å². The lowest BCUT2D eigenvalue weighted by atomic mass is 10.1. The highest BCUT2D eigenvalue weighted by Crippen LogP contribution is 2.23. The van der Waals surface area contributed by atoms with Crippen LogP contribution < -0.4 is 15.5 Å². The molecule has 0 spiro atoms. The first kappa shape index (κ1) is 18.7. The third-order valence-electron chi connectivity index (χ3n) is 4.67. The average molecular weight is 420 g/mol. The van der Waals surface area contributed by atoms with Crippen molar-refractivity contribution >= 4 is 27.6 Å². The normalized spacial score (nSPS) is 16.5. The Morgan fingerprint density at radius 2 is 1.92 bits per heavy atom. The lowest BCUT2D eigenvalue weighted by Crippen LogP contribution is -2.39. The molecule has 3 rings (SSSR count). The Kier molecular flexibility index (Phi) is 6.50. The molecule has 2 amide bonds. The summed E-state index contributed by atoms with van der Waals surface area (Å²) in [6.07, 6.45) is 1.81. The van der Waals surface area contributed by atoms with Gasteiger partial charge in [0.15, 0.2) is 0 Å². The third-order valence-corrected chi connectivity index (χ3v) is 5.44. The molecule has 4 nitrogen and oxygen atoms in total. The monoisotopic (exact) mass is 419 g/mol. The van der Waals surface area contributed by atoms with E-state index in [0.717, 1.165) is 36.1 Å². The Morgan fingerprint density at radius 3 is 2.69 bits per heavy atom. The minimum Gasteiger partial charge on any atom is -0.371 e. The Balaban J connectivity index is 1.36. The molecule has 26 heavy (non-hydrogen) atoms. The number of hydrogen-bond acceptors (Lipinski definition) is 2. The average Bonchev–Trinajstić information content (AvgIpc) is 3.11. The van der Waals surface area contributed by atoms with Gasteiger partial charge in [0, 0.05) is 36.3 Å². The SMILES string of the molecule is O=C(NCCc1ccccc1Br)NCC1CCN(c2ccc(F)cc2)C1. The number of nitrogens with one attached hydrogen (secondary N) is 2. The minimum absolute atomic E-state index is 0.128. The van der Waals surface area contributed by atoms with Crippen molar-refractivity contribution < 1.29 is 9.18 Å². The Labute approximate surface area is 161 Å². The van der Waals surface area contributed by atoms with Gasteiger partial charge in [0.05, 0.1) is 0 Å². The van der Waals surface area contributed by atoms with Crippen molar-refractivity contribution in [1.29, 1.82) is 0 Å². The fourth-order valence-electron chi connectivity index (χ4n) is 3.20. The van der Waals surface area contributed by atoms with Crippen LogP contribution in [0.25, 0.3) is 0 Å². The summed E-state index contributed by atoms with van der Waals surface area (Å²) in [5.74, 6) is 0.194. The number of urea groups is 1. The largest absolute Gasteiger partial charge is 0.371 e. The summed E-state index contributed by atoms with van der Waals surface area (Å²) in [4.78, 5) is 14.2. The molecule has 1 heterocycles. The number of benzene rings is 2. The maximum atomic E-state index is 13.0. The van der Waals surface area contributed by atoms with E-state index in [1.807, 2.05) is 24.3 Å². The van der Waals surface area contributed by atoms with E-state index >= 15 is 0 Å². The molecule has 2 N–H and O–H groups in total. The molecule has 1 fully saturated rings. The van der Waals surface area contributed by atoms with Crippen LogP contribution in [0.15, 0.2) is 53.0 Å². The summed E-state index contributed by atoms with van der Waals surface area (Å²) in [6.45, 7) is 3.06. The van der Waals surface area contributed by atoms with Gasteiger partial charge in [0.1, 0.15) is 5.82 Å². The summed E-state index contributed by atoms with van der Waals surface area (Å²) < 4.78 is 14.1. The van der Waals surface area contributed by atoms with E-state index in [0.29, 0.717) is 19.0 Å². The van der Waals surface area contributed by atoms with Gasteiger partial charge < -0.3 is 15.5 Å². The third kappa shape index (κ3) is 5.21. The molecule has 0 bridgehead atoms. The number of nitrogens with zero attached hydrogens (tertiary/aromatic N) is 1. The maximum Gasteiger partial charge on any atom is 0.314 e. The van der Waals surface area contributed by atoms with Gasteiger partial charge in [-0.2, -0.15) is 0 Å². The summed E-state index contributed by atoms with van der Waals surface area (Å²) in [5, 5.41) is 5.86. The molecule has 2 aromatic rings. The van der Waals surface area contributed by atoms with Crippen molar-refractivity contribution in [3.63, 3.8) is 0 Å². The molecule has 2 aromatic carbocycles. The van der Waals surface area contributed by atoms with Gasteiger partial charge in [-0.1, -0.05) is 34.1 Å². The van der Waals surface area contributed by atoms with Crippen LogP contribution in [0.4, 0.5) is 14.9 Å². The van der Waals surface area contributed by atoms with Crippen LogP contribution in [0.3, 0.4) is 0 Å². The van der Waals surface area contributed by atoms with E-state index in [2.05, 4.69) is 31.5 Å². The second-order valence-corrected chi connectivity index (χ2v) is 7.41. The molecule has 138 valence electrons. The maximum absolute atomic E-state index is 13.0. The molecule has 0 aliphatic carbocycles. The molecule has 1 saturated heterocycles. The van der Waals surface area contributed by atoms with E-state index in [-0.39, 0.29) is 11.8 Å². The molecule has 1 unspecified atom stereocenters. The zero-order chi connectivity index (χ0) is 18.4. The van der Waals surface area contributed by atoms with Crippen molar-refractivity contribution in [2.24, 2.45) is 5.92 Å². The zero-order valence-electron chi connectivity index (χ0n) is 14.6. The number of halogens is 2. The van der Waals surface area contributed by atoms with Crippen LogP contribution in [0.2, 0.25) is 0 Å². The second-order valence-electron chi connectivity index (χ2n) is 6.56. The number of rotatable bonds is 6. The Morgan fingerprint density at radius 1 is 1.15 bits per heavy atom. The number of hydrogen-bond donors (Lipinski definition) is 2. The van der Waals surface area contributed by atoms with Crippen molar-refractivity contribution in [1.82, 2.24) is 10.6 Å². The van der Waals surface area contributed by atoms with E-state index in [1.54, 1.807) is 12.1 Å². The molecule has 0 saturated carbocycles. The van der Waals surface area contributed by atoms with Crippen LogP contribution in [0.5, 0.6) is 0 Å². The molecule has 1 atom stereocenters. The van der Waals surface area contributed by atoms with Crippen LogP contribution in [0.1, 0.15) is 12.0 Å². The Hall–Kier alpha value is -2.08. The predicted molar refractivity (Wildman–Crippen MR) is 106 cm³/mol. The highest BCUT2D eigenvalue weighted by molar-refractivity contribution is 9.10. The highest BCUT2D eigenvalue weighted by atomic mass is 79.9. The fourth-order valence-corrected chi connectivity index (χ4v) is 3.68. The van der Waals surface area contributed by atoms with Crippen LogP contribution in [-0.2, 0) is 6.42 Å². The number of anilines is 1. The first-order valence-electron chi connectivity index (χ1n) is 8.87. The molecular weight excluding hydrogens is 397 g/mol. The zero-order valence-corrected chi connectivity index (χ0v) is 16.1. The Bertz CT molecular complexity index is 738. The summed E-state index contributed by atoms with van der Waals surface area (Å²) in [7, 11) is 0. The van der Waals surface area contributed by atoms with Crippen molar-refractivity contribution in [2.45, 2.75) is 12.8 Å². The summed E-state index contributed by atoms with van der Waals surface area (Å²) >= 11 is 3.51. The quantitative estimate of drug-likeness (QED) is 0.743. The molecule has 0 radical (unpaired) electrons. The summed E-state index contributed by atoms with van der Waals surface area (Å²) in [5.41, 5.74) is 2.21. The minimum atomic E-state index is -0.217. The number of carbonyl (C=O) groups excluding carboxylic acids is 1. The molecular formula is C20H23BrFN3O. The van der Waals surface area contributed by atoms with Crippen LogP contribution in [-0.4, -0.2) is 32.2 Å². The number of carbonyl (C=O) groups is 1. The van der Waals surface area contributed by atoms with Crippen LogP contribution in [0, 0.1) is 11.7 Å². The van der Waals surface area contributed by atoms with Gasteiger partial charge in [-0.25, -0.2) is 9.18 Å². The second kappa shape index (κ2) is 9.03. The van der Waals surface area contributed by atoms with Gasteiger partial charge in [-0.3, -0.25) is 0 Å². The summed E-state index contributed by atoms with van der Waals surface area (Å²) in [6, 6.07) is 14.5. The van der Waals surface area contributed by atoms with Crippen molar-refractivity contribution in [2.75, 3.05) is 31.1 Å². The molecule has 1 aliphatic heterocycles. The molecule has 1 aliphatic rings. The lowest BCUT2D eigenvalue weighted by molar-refractivity contribution is 0.239. The number of amides is 2. The van der Waals surface area contributed by atoms with E-state index < -0.39 is 0 Å². The predicted octanol–water partition coefficient (Wildman–Crippen LogP) is 3.96. The first-order valence-corrected chi connectivity index (χ1v) is 9.67. The first-order chi connectivity index (χ1) is 12.6. The van der Waals surface area contributed by atoms with Gasteiger partial charge in [0.2, 0.25) is 0 Å². The molecule has 0 aromatic heterocycles. The van der Waals surface area contributed by atoms with Crippen LogP contribution >= 0.6 is 15.9 Å². The fraction of sp³-hybridized carbons (Fsp3) is 0.350. The van der Waals surface area contributed by atoms with Gasteiger partial charge in [0.25, 0.3) is 0 Å². The lowest BCUT2D eigenvalue weighted by Gasteiger charge is -2.19. The standard InChI is InChI=1S/C20H23BrFN3O/c21-19-4-2-1-3-16(19)9-11-23-20(26)24-13-15-10-12-25(14-15)18-7-5-17(22)6-8-18/h1-8,15H,9-14H2,(H2,23,24,26). The van der Waals surface area contributed by atoms with Gasteiger partial charge in [-0.05, 0) is 54.7 Å². The smallest absolute Gasteiger partial charge is 0.314 e. The van der Waals surface area contributed by atoms with E-state index in [9.17, 15) is 9.18 Å². The van der Waals surface area contributed by atoms with Gasteiger partial charge in [-0.15, -0.1) is 0 Å².